The molecule has 0 amide bonds. The average molecular weight is 356 g/mol. The van der Waals surface area contributed by atoms with Gasteiger partial charge in [0.2, 0.25) is 0 Å². The summed E-state index contributed by atoms with van der Waals surface area (Å²) in [5.41, 5.74) is 2.63. The van der Waals surface area contributed by atoms with Crippen LogP contribution in [0.2, 0.25) is 0 Å². The Morgan fingerprint density at radius 3 is 2.22 bits per heavy atom. The van der Waals surface area contributed by atoms with Gasteiger partial charge >= 0.3 is 5.97 Å². The Hall–Kier alpha value is -3.73. The summed E-state index contributed by atoms with van der Waals surface area (Å²) in [4.78, 5) is 20.8. The van der Waals surface area contributed by atoms with Crippen LogP contribution in [0.15, 0.2) is 85.1 Å². The number of carbonyl (C=O) groups excluding carboxylic acids is 1. The molecule has 0 fully saturated rings. The largest absolute Gasteiger partial charge is 0.489 e. The van der Waals surface area contributed by atoms with Gasteiger partial charge in [-0.1, -0.05) is 42.5 Å². The van der Waals surface area contributed by atoms with E-state index in [0.717, 1.165) is 11.1 Å². The predicted octanol–water partition coefficient (Wildman–Crippen LogP) is 4.43. The number of hydrogen-bond donors (Lipinski definition) is 0. The highest BCUT2D eigenvalue weighted by molar-refractivity contribution is 5.90. The van der Waals surface area contributed by atoms with E-state index in [1.807, 2.05) is 48.5 Å². The predicted molar refractivity (Wildman–Crippen MR) is 102 cm³/mol. The summed E-state index contributed by atoms with van der Waals surface area (Å²) in [5.74, 6) is 0.567. The molecule has 0 bridgehead atoms. The average Bonchev–Trinajstić information content (AvgIpc) is 2.73. The molecular weight excluding hydrogens is 340 g/mol. The maximum Gasteiger partial charge on any atom is 0.363 e. The van der Waals surface area contributed by atoms with E-state index < -0.39 is 5.97 Å². The van der Waals surface area contributed by atoms with Gasteiger partial charge in [0.1, 0.15) is 18.1 Å². The lowest BCUT2D eigenvalue weighted by molar-refractivity contribution is 0.0728. The van der Waals surface area contributed by atoms with Crippen LogP contribution in [0.25, 0.3) is 11.0 Å². The minimum atomic E-state index is -0.550. The van der Waals surface area contributed by atoms with Crippen LogP contribution < -0.4 is 9.47 Å². The third-order valence-electron chi connectivity index (χ3n) is 3.94. The van der Waals surface area contributed by atoms with Crippen LogP contribution >= 0.6 is 0 Å². The molecule has 132 valence electrons. The van der Waals surface area contributed by atoms with Crippen LogP contribution in [0, 0.1) is 0 Å². The highest BCUT2D eigenvalue weighted by Crippen LogP contribution is 2.20. The SMILES string of the molecule is O=C(Oc1ccc(OCc2ccccc2)cc1)c1cnc2ccccc2n1. The van der Waals surface area contributed by atoms with Crippen LogP contribution in [0.3, 0.4) is 0 Å². The molecule has 0 aliphatic carbocycles. The Kier molecular flexibility index (Phi) is 4.74. The number of carbonyl (C=O) groups is 1. The van der Waals surface area contributed by atoms with Crippen LogP contribution in [-0.4, -0.2) is 15.9 Å². The molecule has 5 heteroatoms. The monoisotopic (exact) mass is 356 g/mol. The first-order valence-electron chi connectivity index (χ1n) is 8.49. The molecule has 0 aliphatic rings. The molecule has 3 aromatic carbocycles. The molecule has 0 unspecified atom stereocenters. The standard InChI is InChI=1S/C22H16N2O3/c25-22(21-14-23-19-8-4-5-9-20(19)24-21)27-18-12-10-17(11-13-18)26-15-16-6-2-1-3-7-16/h1-14H,15H2. The lowest BCUT2D eigenvalue weighted by Gasteiger charge is -2.08. The Labute approximate surface area is 156 Å². The van der Waals surface area contributed by atoms with E-state index in [0.29, 0.717) is 23.6 Å². The van der Waals surface area contributed by atoms with Gasteiger partial charge in [0.05, 0.1) is 17.2 Å². The summed E-state index contributed by atoms with van der Waals surface area (Å²) in [7, 11) is 0. The molecule has 4 rings (SSSR count). The fraction of sp³-hybridized carbons (Fsp3) is 0.0455. The molecule has 0 spiro atoms. The lowest BCUT2D eigenvalue weighted by Crippen LogP contribution is -2.11. The van der Waals surface area contributed by atoms with Gasteiger partial charge in [0.25, 0.3) is 0 Å². The van der Waals surface area contributed by atoms with Crippen LogP contribution in [0.4, 0.5) is 0 Å². The number of aromatic nitrogens is 2. The number of rotatable bonds is 5. The van der Waals surface area contributed by atoms with E-state index in [1.165, 1.54) is 6.20 Å². The van der Waals surface area contributed by atoms with E-state index in [2.05, 4.69) is 9.97 Å². The molecule has 0 radical (unpaired) electrons. The molecule has 0 aliphatic heterocycles. The number of para-hydroxylation sites is 2. The maximum atomic E-state index is 12.3. The number of nitrogens with zero attached hydrogens (tertiary/aromatic N) is 2. The van der Waals surface area contributed by atoms with Crippen LogP contribution in [0.5, 0.6) is 11.5 Å². The first-order valence-corrected chi connectivity index (χ1v) is 8.49. The Morgan fingerprint density at radius 1 is 0.778 bits per heavy atom. The smallest absolute Gasteiger partial charge is 0.363 e. The zero-order valence-electron chi connectivity index (χ0n) is 14.4. The molecule has 1 aromatic heterocycles. The maximum absolute atomic E-state index is 12.3. The van der Waals surface area contributed by atoms with Gasteiger partial charge in [0.15, 0.2) is 5.69 Å². The van der Waals surface area contributed by atoms with Crippen molar-refractivity contribution < 1.29 is 14.3 Å². The van der Waals surface area contributed by atoms with E-state index in [1.54, 1.807) is 30.3 Å². The zero-order valence-corrected chi connectivity index (χ0v) is 14.4. The first-order chi connectivity index (χ1) is 13.3. The Bertz CT molecular complexity index is 1060. The molecular formula is C22H16N2O3. The molecule has 5 nitrogen and oxygen atoms in total. The number of fused-ring (bicyclic) bond motifs is 1. The number of hydrogen-bond acceptors (Lipinski definition) is 5. The molecule has 27 heavy (non-hydrogen) atoms. The molecule has 0 saturated carbocycles. The summed E-state index contributed by atoms with van der Waals surface area (Å²) in [6.07, 6.45) is 1.42. The van der Waals surface area contributed by atoms with Crippen molar-refractivity contribution in [3.05, 3.63) is 96.3 Å². The van der Waals surface area contributed by atoms with Gasteiger partial charge in [-0.25, -0.2) is 9.78 Å². The van der Waals surface area contributed by atoms with Gasteiger partial charge in [-0.15, -0.1) is 0 Å². The van der Waals surface area contributed by atoms with Gasteiger partial charge < -0.3 is 9.47 Å². The minimum Gasteiger partial charge on any atom is -0.489 e. The second-order valence-electron chi connectivity index (χ2n) is 5.88. The van der Waals surface area contributed by atoms with Crippen molar-refractivity contribution in [1.82, 2.24) is 9.97 Å². The summed E-state index contributed by atoms with van der Waals surface area (Å²) in [6, 6.07) is 24.2. The molecule has 0 saturated heterocycles. The van der Waals surface area contributed by atoms with Crippen molar-refractivity contribution in [3.63, 3.8) is 0 Å². The number of ether oxygens (including phenoxy) is 2. The van der Waals surface area contributed by atoms with Crippen LogP contribution in [0.1, 0.15) is 16.1 Å². The van der Waals surface area contributed by atoms with Gasteiger partial charge in [-0.05, 0) is 42.0 Å². The van der Waals surface area contributed by atoms with E-state index in [4.69, 9.17) is 9.47 Å². The molecule has 4 aromatic rings. The Morgan fingerprint density at radius 2 is 1.44 bits per heavy atom. The van der Waals surface area contributed by atoms with E-state index in [-0.39, 0.29) is 5.69 Å². The lowest BCUT2D eigenvalue weighted by atomic mass is 10.2. The fourth-order valence-electron chi connectivity index (χ4n) is 2.56. The topological polar surface area (TPSA) is 61.3 Å². The van der Waals surface area contributed by atoms with Crippen molar-refractivity contribution >= 4 is 17.0 Å². The molecule has 0 N–H and O–H groups in total. The minimum absolute atomic E-state index is 0.165. The summed E-state index contributed by atoms with van der Waals surface area (Å²) in [5, 5.41) is 0. The molecule has 1 heterocycles. The van der Waals surface area contributed by atoms with Crippen LogP contribution in [-0.2, 0) is 6.61 Å². The van der Waals surface area contributed by atoms with Gasteiger partial charge in [0, 0.05) is 0 Å². The first kappa shape index (κ1) is 16.7. The summed E-state index contributed by atoms with van der Waals surface area (Å²) >= 11 is 0. The summed E-state index contributed by atoms with van der Waals surface area (Å²) in [6.45, 7) is 0.479. The molecule has 0 atom stereocenters. The third kappa shape index (κ3) is 4.10. The van der Waals surface area contributed by atoms with Crippen molar-refractivity contribution in [3.8, 4) is 11.5 Å². The second-order valence-corrected chi connectivity index (χ2v) is 5.88. The van der Waals surface area contributed by atoms with Crippen molar-refractivity contribution in [2.45, 2.75) is 6.61 Å². The number of benzene rings is 3. The normalized spacial score (nSPS) is 10.5. The van der Waals surface area contributed by atoms with E-state index in [9.17, 15) is 4.79 Å². The summed E-state index contributed by atoms with van der Waals surface area (Å²) < 4.78 is 11.1. The highest BCUT2D eigenvalue weighted by atomic mass is 16.5. The van der Waals surface area contributed by atoms with Crippen molar-refractivity contribution in [2.75, 3.05) is 0 Å². The van der Waals surface area contributed by atoms with Crippen molar-refractivity contribution in [1.29, 1.82) is 0 Å². The fourth-order valence-corrected chi connectivity index (χ4v) is 2.56. The number of esters is 1. The highest BCUT2D eigenvalue weighted by Gasteiger charge is 2.12. The Balaban J connectivity index is 1.40. The zero-order chi connectivity index (χ0) is 18.5. The second kappa shape index (κ2) is 7.66. The quantitative estimate of drug-likeness (QED) is 0.391. The van der Waals surface area contributed by atoms with Gasteiger partial charge in [-0.2, -0.15) is 0 Å². The van der Waals surface area contributed by atoms with E-state index >= 15 is 0 Å². The third-order valence-corrected chi connectivity index (χ3v) is 3.94. The van der Waals surface area contributed by atoms with Gasteiger partial charge in [-0.3, -0.25) is 4.98 Å². The van der Waals surface area contributed by atoms with Crippen molar-refractivity contribution in [2.24, 2.45) is 0 Å².